The molecule has 0 radical (unpaired) electrons. The number of rotatable bonds is 8. The Bertz CT molecular complexity index is 827. The number of allylic oxidation sites excluding steroid dienone is 11. The average Bonchev–Trinajstić information content (AvgIpc) is 2.72. The van der Waals surface area contributed by atoms with E-state index in [1.807, 2.05) is 32.9 Å². The van der Waals surface area contributed by atoms with Gasteiger partial charge in [0, 0.05) is 5.57 Å². The van der Waals surface area contributed by atoms with Crippen LogP contribution in [0.15, 0.2) is 81.4 Å². The Morgan fingerprint density at radius 1 is 1.03 bits per heavy atom. The normalized spacial score (nSPS) is 15.7. The van der Waals surface area contributed by atoms with Crippen molar-refractivity contribution in [1.29, 1.82) is 0 Å². The van der Waals surface area contributed by atoms with Crippen molar-refractivity contribution in [2.75, 3.05) is 0 Å². The van der Waals surface area contributed by atoms with Crippen LogP contribution in [0.4, 0.5) is 17.6 Å². The molecule has 0 atom stereocenters. The van der Waals surface area contributed by atoms with Gasteiger partial charge in [0.2, 0.25) is 0 Å². The van der Waals surface area contributed by atoms with Gasteiger partial charge in [0.05, 0.1) is 0 Å². The minimum atomic E-state index is -1.10. The van der Waals surface area contributed by atoms with Crippen LogP contribution in [0.25, 0.3) is 0 Å². The summed E-state index contributed by atoms with van der Waals surface area (Å²) < 4.78 is 53.5. The number of hydrogen-bond acceptors (Lipinski definition) is 1. The summed E-state index contributed by atoms with van der Waals surface area (Å²) in [5.74, 6) is -2.95. The van der Waals surface area contributed by atoms with E-state index in [-0.39, 0.29) is 68.7 Å². The fourth-order valence-corrected chi connectivity index (χ4v) is 2.76. The van der Waals surface area contributed by atoms with Crippen LogP contribution in [-0.4, -0.2) is 0 Å². The van der Waals surface area contributed by atoms with Gasteiger partial charge in [-0.25, -0.2) is 17.6 Å². The predicted molar refractivity (Wildman–Crippen MR) is 128 cm³/mol. The van der Waals surface area contributed by atoms with E-state index in [4.69, 9.17) is 0 Å². The molecule has 0 aliphatic heterocycles. The van der Waals surface area contributed by atoms with Gasteiger partial charge in [-0.2, -0.15) is 0 Å². The van der Waals surface area contributed by atoms with E-state index in [9.17, 15) is 17.6 Å². The summed E-state index contributed by atoms with van der Waals surface area (Å²) in [6, 6.07) is 0. The van der Waals surface area contributed by atoms with Crippen molar-refractivity contribution in [3.63, 3.8) is 0 Å². The molecule has 0 N–H and O–H groups in total. The fourth-order valence-electron chi connectivity index (χ4n) is 2.67. The third kappa shape index (κ3) is 11.9. The molecule has 0 aromatic carbocycles. The molecule has 174 valence electrons. The molecule has 1 aliphatic rings. The minimum Gasteiger partial charge on any atom is -0.777 e. The summed E-state index contributed by atoms with van der Waals surface area (Å²) in [6.45, 7) is 18.0. The van der Waals surface area contributed by atoms with Gasteiger partial charge >= 0.3 is 58.2 Å². The molecular weight excluding hydrogens is 506 g/mol. The van der Waals surface area contributed by atoms with Gasteiger partial charge in [-0.1, -0.05) is 45.9 Å². The van der Waals surface area contributed by atoms with E-state index < -0.39 is 23.3 Å². The molecule has 0 spiro atoms. The monoisotopic (exact) mass is 540 g/mol. The molecule has 0 saturated carbocycles. The molecule has 6 heteroatoms. The van der Waals surface area contributed by atoms with Crippen LogP contribution >= 0.6 is 0 Å². The summed E-state index contributed by atoms with van der Waals surface area (Å²) in [7, 11) is 0. The average molecular weight is 541 g/mol. The second-order valence-electron chi connectivity index (χ2n) is 8.11. The van der Waals surface area contributed by atoms with E-state index >= 15 is 0 Å². The zero-order valence-corrected chi connectivity index (χ0v) is 26.3. The Hall–Kier alpha value is -0.0748. The molecular formula is C26H35F4RbS. The molecule has 1 rings (SSSR count). The zero-order chi connectivity index (χ0) is 24.3. The second kappa shape index (κ2) is 17.4. The van der Waals surface area contributed by atoms with Crippen molar-refractivity contribution < 1.29 is 75.7 Å². The van der Waals surface area contributed by atoms with Crippen LogP contribution in [0.5, 0.6) is 0 Å². The number of hydrogen-bond donors (Lipinski definition) is 0. The van der Waals surface area contributed by atoms with Crippen LogP contribution in [0.1, 0.15) is 73.6 Å². The number of unbranched alkanes of at least 4 members (excludes halogenated alkanes) is 1. The van der Waals surface area contributed by atoms with E-state index in [1.165, 1.54) is 0 Å². The maximum absolute atomic E-state index is 13.6. The quantitative estimate of drug-likeness (QED) is 0.186. The molecule has 0 bridgehead atoms. The van der Waals surface area contributed by atoms with Gasteiger partial charge in [-0.15, -0.1) is 11.5 Å². The first-order chi connectivity index (χ1) is 14.3. The Balaban J connectivity index is 0. The summed E-state index contributed by atoms with van der Waals surface area (Å²) in [5, 5.41) is 0. The maximum atomic E-state index is 13.6. The number of halogens is 4. The predicted octanol–water partition coefficient (Wildman–Crippen LogP) is 6.74. The second-order valence-corrected chi connectivity index (χ2v) is 8.60. The van der Waals surface area contributed by atoms with Gasteiger partial charge in [-0.3, -0.25) is 0 Å². The van der Waals surface area contributed by atoms with Gasteiger partial charge in [0.15, 0.2) is 17.5 Å². The first kappa shape index (κ1) is 34.1. The Morgan fingerprint density at radius 3 is 2.06 bits per heavy atom. The molecule has 32 heavy (non-hydrogen) atoms. The van der Waals surface area contributed by atoms with Gasteiger partial charge < -0.3 is 12.6 Å². The molecule has 0 aromatic rings. The molecule has 0 aromatic heterocycles. The SMILES string of the molecule is C=C([S-])/C(F)=C(/F)C(=C)/C(C)=C/CC(C)C.CCC/C=C(\C)C1=C(F)C(F)=C(C)CC1.[Rb+]. The van der Waals surface area contributed by atoms with Crippen molar-refractivity contribution in [3.05, 3.63) is 81.4 Å². The van der Waals surface area contributed by atoms with E-state index in [1.54, 1.807) is 13.8 Å². The summed E-state index contributed by atoms with van der Waals surface area (Å²) in [6.07, 6.45) is 7.84. The Kier molecular flexibility index (Phi) is 18.5. The maximum Gasteiger partial charge on any atom is 1.00 e. The first-order valence-corrected chi connectivity index (χ1v) is 10.9. The van der Waals surface area contributed by atoms with Crippen molar-refractivity contribution in [3.8, 4) is 0 Å². The van der Waals surface area contributed by atoms with Crippen molar-refractivity contribution >= 4 is 12.6 Å². The Morgan fingerprint density at radius 2 is 1.59 bits per heavy atom. The van der Waals surface area contributed by atoms with E-state index in [0.717, 1.165) is 24.8 Å². The third-order valence-electron chi connectivity index (χ3n) is 4.87. The molecule has 0 saturated heterocycles. The largest absolute Gasteiger partial charge is 1.00 e. The molecule has 0 nitrogen and oxygen atoms in total. The third-order valence-corrected chi connectivity index (χ3v) is 5.05. The zero-order valence-electron chi connectivity index (χ0n) is 20.6. The summed E-state index contributed by atoms with van der Waals surface area (Å²) >= 11 is 4.46. The van der Waals surface area contributed by atoms with Crippen molar-refractivity contribution in [1.82, 2.24) is 0 Å². The smallest absolute Gasteiger partial charge is 0.777 e. The van der Waals surface area contributed by atoms with Gasteiger partial charge in [0.25, 0.3) is 0 Å². The van der Waals surface area contributed by atoms with Gasteiger partial charge in [0.1, 0.15) is 5.83 Å². The van der Waals surface area contributed by atoms with Crippen LogP contribution in [-0.2, 0) is 12.6 Å². The van der Waals surface area contributed by atoms with E-state index in [2.05, 4.69) is 32.7 Å². The first-order valence-electron chi connectivity index (χ1n) is 10.5. The fraction of sp³-hybridized carbons (Fsp3) is 0.462. The van der Waals surface area contributed by atoms with E-state index in [0.29, 0.717) is 35.5 Å². The topological polar surface area (TPSA) is 0 Å². The summed E-state index contributed by atoms with van der Waals surface area (Å²) in [4.78, 5) is -0.338. The molecule has 1 aliphatic carbocycles. The van der Waals surface area contributed by atoms with Crippen LogP contribution in [0.2, 0.25) is 0 Å². The van der Waals surface area contributed by atoms with Crippen LogP contribution in [0.3, 0.4) is 0 Å². The Labute approximate surface area is 246 Å². The van der Waals surface area contributed by atoms with Crippen molar-refractivity contribution in [2.45, 2.75) is 73.6 Å². The van der Waals surface area contributed by atoms with Crippen LogP contribution in [0, 0.1) is 5.92 Å². The summed E-state index contributed by atoms with van der Waals surface area (Å²) in [5.41, 5.74) is 2.62. The minimum absolute atomic E-state index is 0. The molecule has 0 amide bonds. The molecule has 0 heterocycles. The standard InChI is InChI=1S/C13H18F2S.C13H18F2.Rb/c1-8(2)6-7-9(3)10(4)12(14)13(15)11(5)16;1-4-5-6-9(2)11-8-7-10(3)12(14)13(11)15;/h7-8,16H,4-6H2,1-3H3;6H,4-5,7-8H2,1-3H3;/q;;+1/p-1/b9-7+,13-12-;9-6+;. The molecule has 0 fully saturated rings. The molecule has 0 unspecified atom stereocenters. The van der Waals surface area contributed by atoms with Crippen LogP contribution < -0.4 is 58.2 Å². The van der Waals surface area contributed by atoms with Crippen molar-refractivity contribution in [2.24, 2.45) is 5.92 Å². The van der Waals surface area contributed by atoms with Gasteiger partial charge in [-0.05, 0) is 74.7 Å².